The molecule has 8 aromatic carbocycles. The SMILES string of the molecule is C.CC(C)NC(C)Cc1cc(I)c(O)c(I)c1.CC(C)NC(C)Cc1cc(I)c(Oc2cc(I)c(O)c(I)c2)c(I)c1.CC(C)NC(C)Cc1cc(I)c(Oc2ccc(O)c(I)c2)c(I)c1.CC(C)NC(C)Cc1cc(I)c(Oc2ccc(O)cc2)c(I)c1.Cc1c(I)c(C)c(I)c(NC(C)C)c1I. The van der Waals surface area contributed by atoms with E-state index in [4.69, 9.17) is 14.2 Å². The van der Waals surface area contributed by atoms with E-state index in [1.807, 2.05) is 18.2 Å². The highest BCUT2D eigenvalue weighted by atomic mass is 127. The van der Waals surface area contributed by atoms with Crippen LogP contribution in [0.3, 0.4) is 0 Å². The van der Waals surface area contributed by atoms with E-state index in [2.05, 4.69) is 502 Å². The van der Waals surface area contributed by atoms with E-state index in [9.17, 15) is 20.4 Å². The van der Waals surface area contributed by atoms with Gasteiger partial charge >= 0.3 is 0 Å². The van der Waals surface area contributed by atoms with Gasteiger partial charge in [0, 0.05) is 65.1 Å². The van der Waals surface area contributed by atoms with Crippen LogP contribution in [0.15, 0.2) is 103 Å². The molecule has 0 aromatic heterocycles. The molecule has 0 saturated heterocycles. The van der Waals surface area contributed by atoms with Gasteiger partial charge in [0.15, 0.2) is 17.2 Å². The Morgan fingerprint density at radius 1 is 0.308 bits per heavy atom. The molecule has 0 bridgehead atoms. The minimum absolute atomic E-state index is 0. The van der Waals surface area contributed by atoms with Gasteiger partial charge in [0.05, 0.1) is 45.0 Å². The summed E-state index contributed by atoms with van der Waals surface area (Å²) in [4.78, 5) is 0. The fraction of sp³-hybridized carbons (Fsp3) is 0.385. The Bertz CT molecular complexity index is 3930. The summed E-state index contributed by atoms with van der Waals surface area (Å²) in [7, 11) is 0. The maximum Gasteiger partial charge on any atom is 0.154 e. The standard InChI is InChI=1S/C18H19I4NO2.C18H20I3NO2.C18H21I2NO2.C12H17I2NO.C11H14I3N.CH4/c1-9(2)23-10(3)4-11-5-15(21)18(16(22)6-11)25-12-7-13(19)17(24)14(20)8-12;1-10(2)22-11(3)6-12-7-15(20)18(16(21)8-12)24-13-4-5-17(23)14(19)9-13;1-11(2)21-12(3)8-13-9-16(19)18(17(20)10-13)23-15-6-4-14(22)5-7-15;1-7(2)15-8(3)4-9-5-10(13)12(16)11(14)6-9;1-5(2)15-11-9(13)6(3)8(12)7(4)10(11)14;/h5-10,23-24H,4H2,1-3H3;4-5,7-11,22-23H,6H2,1-3H3;4-7,9-12,21-22H,8H2,1-3H3;5-8,15-16H,4H2,1-3H3;5,15H,1-4H3;1H4. The average Bonchev–Trinajstić information content (AvgIpc) is 0.812. The molecule has 0 radical (unpaired) electrons. The number of ether oxygens (including phenoxy) is 3. The predicted octanol–water partition coefficient (Wildman–Crippen LogP) is 26.9. The predicted molar refractivity (Wildman–Crippen MR) is 557 cm³/mol. The van der Waals surface area contributed by atoms with Crippen LogP contribution in [-0.2, 0) is 25.7 Å². The molecule has 26 heteroatoms. The molecule has 0 spiro atoms. The average molecular weight is 2990 g/mol. The zero-order valence-electron chi connectivity index (χ0n) is 60.1. The summed E-state index contributed by atoms with van der Waals surface area (Å²) in [5, 5.41) is 56.2. The molecule has 0 aliphatic rings. The number of phenols is 4. The molecule has 0 saturated carbocycles. The highest BCUT2D eigenvalue weighted by molar-refractivity contribution is 14.1. The van der Waals surface area contributed by atoms with Crippen molar-refractivity contribution in [2.75, 3.05) is 5.32 Å². The van der Waals surface area contributed by atoms with Crippen LogP contribution < -0.4 is 40.8 Å². The van der Waals surface area contributed by atoms with Crippen LogP contribution in [0.1, 0.15) is 138 Å². The summed E-state index contributed by atoms with van der Waals surface area (Å²) >= 11 is 31.9. The van der Waals surface area contributed by atoms with E-state index in [1.54, 1.807) is 36.4 Å². The molecule has 104 heavy (non-hydrogen) atoms. The summed E-state index contributed by atoms with van der Waals surface area (Å²) in [6.07, 6.45) is 3.95. The molecular formula is C78H95I14N5O7. The normalized spacial score (nSPS) is 12.2. The third kappa shape index (κ3) is 35.4. The highest BCUT2D eigenvalue weighted by Crippen LogP contribution is 2.40. The molecule has 572 valence electrons. The van der Waals surface area contributed by atoms with Crippen LogP contribution in [0.2, 0.25) is 0 Å². The van der Waals surface area contributed by atoms with Crippen LogP contribution in [-0.4, -0.2) is 74.8 Å². The van der Waals surface area contributed by atoms with Crippen molar-refractivity contribution in [3.8, 4) is 57.5 Å². The van der Waals surface area contributed by atoms with E-state index in [1.165, 1.54) is 49.8 Å². The van der Waals surface area contributed by atoms with Crippen LogP contribution in [0.4, 0.5) is 5.69 Å². The molecule has 8 rings (SSSR count). The van der Waals surface area contributed by atoms with Gasteiger partial charge in [0.25, 0.3) is 0 Å². The van der Waals surface area contributed by atoms with Gasteiger partial charge in [0.1, 0.15) is 40.2 Å². The number of anilines is 1. The molecule has 4 atom stereocenters. The molecule has 12 nitrogen and oxygen atoms in total. The Labute approximate surface area is 811 Å². The number of benzene rings is 8. The molecule has 0 amide bonds. The van der Waals surface area contributed by atoms with Gasteiger partial charge in [0.2, 0.25) is 0 Å². The Morgan fingerprint density at radius 3 is 0.856 bits per heavy atom. The first kappa shape index (κ1) is 100. The van der Waals surface area contributed by atoms with Crippen molar-refractivity contribution in [1.82, 2.24) is 21.3 Å². The lowest BCUT2D eigenvalue weighted by Gasteiger charge is -2.19. The van der Waals surface area contributed by atoms with E-state index < -0.39 is 0 Å². The van der Waals surface area contributed by atoms with Crippen molar-refractivity contribution < 1.29 is 34.6 Å². The van der Waals surface area contributed by atoms with Crippen LogP contribution >= 0.6 is 316 Å². The molecule has 0 aliphatic heterocycles. The van der Waals surface area contributed by atoms with E-state index in [-0.39, 0.29) is 18.9 Å². The zero-order chi connectivity index (χ0) is 77.6. The smallest absolute Gasteiger partial charge is 0.154 e. The van der Waals surface area contributed by atoms with Gasteiger partial charge in [-0.15, -0.1) is 0 Å². The van der Waals surface area contributed by atoms with Crippen LogP contribution in [0.5, 0.6) is 57.5 Å². The van der Waals surface area contributed by atoms with Crippen molar-refractivity contribution in [3.63, 3.8) is 0 Å². The van der Waals surface area contributed by atoms with Gasteiger partial charge < -0.3 is 61.2 Å². The van der Waals surface area contributed by atoms with Gasteiger partial charge in [-0.3, -0.25) is 0 Å². The number of nitrogens with one attached hydrogen (secondary N) is 5. The van der Waals surface area contributed by atoms with Crippen LogP contribution in [0, 0.1) is 63.8 Å². The first-order chi connectivity index (χ1) is 48.0. The van der Waals surface area contributed by atoms with E-state index in [0.717, 1.165) is 99.5 Å². The molecular weight excluding hydrogens is 2900 g/mol. The lowest BCUT2D eigenvalue weighted by atomic mass is 10.1. The van der Waals surface area contributed by atoms with E-state index >= 15 is 0 Å². The summed E-state index contributed by atoms with van der Waals surface area (Å²) in [6.45, 7) is 34.9. The van der Waals surface area contributed by atoms with Crippen molar-refractivity contribution in [2.24, 2.45) is 0 Å². The van der Waals surface area contributed by atoms with Gasteiger partial charge in [-0.25, -0.2) is 0 Å². The topological polar surface area (TPSA) is 169 Å². The van der Waals surface area contributed by atoms with Crippen LogP contribution in [0.25, 0.3) is 0 Å². The Balaban J connectivity index is 0.000000341. The third-order valence-electron chi connectivity index (χ3n) is 14.5. The molecule has 9 N–H and O–H groups in total. The second kappa shape index (κ2) is 50.0. The fourth-order valence-corrected chi connectivity index (χ4v) is 24.5. The van der Waals surface area contributed by atoms with Crippen molar-refractivity contribution in [2.45, 2.75) is 198 Å². The Kier molecular flexibility index (Phi) is 48.3. The monoisotopic (exact) mass is 2990 g/mol. The highest BCUT2D eigenvalue weighted by Gasteiger charge is 2.20. The number of hydrogen-bond acceptors (Lipinski definition) is 12. The third-order valence-corrected chi connectivity index (χ3v) is 27.8. The maximum absolute atomic E-state index is 9.91. The molecule has 0 fully saturated rings. The first-order valence-corrected chi connectivity index (χ1v) is 48.2. The second-order valence-corrected chi connectivity index (χ2v) is 42.3. The van der Waals surface area contributed by atoms with Gasteiger partial charge in [-0.1, -0.05) is 62.8 Å². The number of rotatable bonds is 24. The summed E-state index contributed by atoms with van der Waals surface area (Å²) in [6, 6.07) is 37.2. The van der Waals surface area contributed by atoms with Crippen molar-refractivity contribution >= 4 is 322 Å². The maximum atomic E-state index is 9.91. The number of phenolic OH excluding ortho intramolecular Hbond substituents is 4. The Morgan fingerprint density at radius 2 is 0.567 bits per heavy atom. The summed E-state index contributed by atoms with van der Waals surface area (Å²) < 4.78 is 33.0. The number of halogens is 14. The van der Waals surface area contributed by atoms with Crippen molar-refractivity contribution in [1.29, 1.82) is 0 Å². The minimum Gasteiger partial charge on any atom is -0.508 e. The molecule has 4 unspecified atom stereocenters. The fourth-order valence-electron chi connectivity index (χ4n) is 10.5. The minimum atomic E-state index is 0. The summed E-state index contributed by atoms with van der Waals surface area (Å²) in [5.41, 5.74) is 9.25. The number of hydrogen-bond donors (Lipinski definition) is 9. The largest absolute Gasteiger partial charge is 0.508 e. The molecule has 8 aromatic rings. The summed E-state index contributed by atoms with van der Waals surface area (Å²) in [5.74, 6) is 6.01. The number of aromatic hydroxyl groups is 4. The quantitative estimate of drug-likeness (QED) is 0.0263. The second-order valence-electron chi connectivity index (χ2n) is 26.3. The first-order valence-electron chi connectivity index (χ1n) is 33.1. The zero-order valence-corrected chi connectivity index (χ0v) is 90.3. The van der Waals surface area contributed by atoms with E-state index in [0.29, 0.717) is 65.9 Å². The van der Waals surface area contributed by atoms with Gasteiger partial charge in [-0.05, 0) is 534 Å². The lowest BCUT2D eigenvalue weighted by molar-refractivity contribution is 0.454. The molecule has 0 aliphatic carbocycles. The van der Waals surface area contributed by atoms with Crippen molar-refractivity contribution in [3.05, 3.63) is 186 Å². The Hall–Kier alpha value is 2.22. The van der Waals surface area contributed by atoms with Gasteiger partial charge in [-0.2, -0.15) is 0 Å². The lowest BCUT2D eigenvalue weighted by Crippen LogP contribution is -2.33. The molecule has 0 heterocycles.